The molecule has 7 heteroatoms. The van der Waals surface area contributed by atoms with Gasteiger partial charge in [-0.1, -0.05) is 24.3 Å². The lowest BCUT2D eigenvalue weighted by atomic mass is 10.1. The summed E-state index contributed by atoms with van der Waals surface area (Å²) in [5.41, 5.74) is 1.36. The summed E-state index contributed by atoms with van der Waals surface area (Å²) in [6.07, 6.45) is -3.87. The van der Waals surface area contributed by atoms with Crippen molar-refractivity contribution in [3.05, 3.63) is 59.2 Å². The van der Waals surface area contributed by atoms with Gasteiger partial charge in [-0.2, -0.15) is 13.2 Å². The van der Waals surface area contributed by atoms with Gasteiger partial charge in [0.1, 0.15) is 5.75 Å². The zero-order valence-electron chi connectivity index (χ0n) is 14.6. The van der Waals surface area contributed by atoms with Crippen LogP contribution in [-0.4, -0.2) is 19.2 Å². The third-order valence-electron chi connectivity index (χ3n) is 3.71. The Morgan fingerprint density at radius 2 is 1.73 bits per heavy atom. The average molecular weight is 366 g/mol. The zero-order chi connectivity index (χ0) is 19.2. The van der Waals surface area contributed by atoms with E-state index in [0.717, 1.165) is 29.0 Å². The number of carbonyl (C=O) groups is 1. The lowest BCUT2D eigenvalue weighted by molar-refractivity contribution is -0.137. The van der Waals surface area contributed by atoms with Crippen molar-refractivity contribution in [1.82, 2.24) is 5.32 Å². The van der Waals surface area contributed by atoms with E-state index in [0.29, 0.717) is 19.6 Å². The molecule has 0 aliphatic heterocycles. The van der Waals surface area contributed by atoms with Crippen LogP contribution >= 0.6 is 0 Å². The number of carbonyl (C=O) groups excluding carboxylic acids is 1. The maximum Gasteiger partial charge on any atom is 0.416 e. The Kier molecular flexibility index (Phi) is 6.49. The van der Waals surface area contributed by atoms with Gasteiger partial charge in [0.25, 0.3) is 0 Å². The second kappa shape index (κ2) is 8.60. The molecule has 4 nitrogen and oxygen atoms in total. The first kappa shape index (κ1) is 19.6. The van der Waals surface area contributed by atoms with Crippen molar-refractivity contribution < 1.29 is 22.7 Å². The lowest BCUT2D eigenvalue weighted by Crippen LogP contribution is -2.30. The number of urea groups is 1. The van der Waals surface area contributed by atoms with Gasteiger partial charge >= 0.3 is 12.2 Å². The van der Waals surface area contributed by atoms with Gasteiger partial charge in [-0.25, -0.2) is 4.79 Å². The molecule has 0 heterocycles. The van der Waals surface area contributed by atoms with Crippen molar-refractivity contribution in [2.24, 2.45) is 0 Å². The van der Waals surface area contributed by atoms with Gasteiger partial charge in [-0.15, -0.1) is 0 Å². The first-order chi connectivity index (χ1) is 12.3. The lowest BCUT2D eigenvalue weighted by Gasteiger charge is -2.13. The fraction of sp³-hybridized carbons (Fsp3) is 0.316. The van der Waals surface area contributed by atoms with Crippen LogP contribution in [-0.2, 0) is 6.18 Å². The van der Waals surface area contributed by atoms with E-state index in [1.54, 1.807) is 0 Å². The SMILES string of the molecule is Cc1cccc(C)c1OCCCNC(=O)Nc1cccc(C(F)(F)F)c1. The highest BCUT2D eigenvalue weighted by Gasteiger charge is 2.30. The second-order valence-electron chi connectivity index (χ2n) is 5.88. The van der Waals surface area contributed by atoms with Gasteiger partial charge in [0, 0.05) is 12.2 Å². The molecule has 0 bridgehead atoms. The summed E-state index contributed by atoms with van der Waals surface area (Å²) in [5, 5.41) is 4.98. The van der Waals surface area contributed by atoms with Gasteiger partial charge in [-0.05, 0) is 49.6 Å². The number of aryl methyl sites for hydroxylation is 2. The summed E-state index contributed by atoms with van der Waals surface area (Å²) >= 11 is 0. The standard InChI is InChI=1S/C19H21F3N2O2/c1-13-6-3-7-14(2)17(13)26-11-5-10-23-18(25)24-16-9-4-8-15(12-16)19(20,21)22/h3-4,6-9,12H,5,10-11H2,1-2H3,(H2,23,24,25). The molecule has 0 atom stereocenters. The molecule has 0 saturated carbocycles. The molecule has 0 unspecified atom stereocenters. The minimum atomic E-state index is -4.45. The fourth-order valence-electron chi connectivity index (χ4n) is 2.42. The molecule has 0 saturated heterocycles. The minimum absolute atomic E-state index is 0.0871. The summed E-state index contributed by atoms with van der Waals surface area (Å²) < 4.78 is 43.7. The van der Waals surface area contributed by atoms with E-state index < -0.39 is 17.8 Å². The molecular formula is C19H21F3N2O2. The molecule has 2 rings (SSSR count). The largest absolute Gasteiger partial charge is 0.493 e. The number of nitrogens with one attached hydrogen (secondary N) is 2. The Morgan fingerprint density at radius 1 is 1.08 bits per heavy atom. The van der Waals surface area contributed by atoms with Crippen molar-refractivity contribution in [3.63, 3.8) is 0 Å². The maximum absolute atomic E-state index is 12.6. The molecule has 0 fully saturated rings. The third-order valence-corrected chi connectivity index (χ3v) is 3.71. The summed E-state index contributed by atoms with van der Waals surface area (Å²) in [5.74, 6) is 0.834. The summed E-state index contributed by atoms with van der Waals surface area (Å²) in [4.78, 5) is 11.8. The molecule has 0 aromatic heterocycles. The predicted octanol–water partition coefficient (Wildman–Crippen LogP) is 4.91. The monoisotopic (exact) mass is 366 g/mol. The average Bonchev–Trinajstić information content (AvgIpc) is 2.56. The number of amides is 2. The molecular weight excluding hydrogens is 345 g/mol. The highest BCUT2D eigenvalue weighted by molar-refractivity contribution is 5.89. The van der Waals surface area contributed by atoms with E-state index >= 15 is 0 Å². The number of halogens is 3. The number of benzene rings is 2. The van der Waals surface area contributed by atoms with E-state index in [-0.39, 0.29) is 5.69 Å². The molecule has 0 radical (unpaired) electrons. The van der Waals surface area contributed by atoms with Gasteiger partial charge in [0.15, 0.2) is 0 Å². The van der Waals surface area contributed by atoms with Crippen molar-refractivity contribution in [3.8, 4) is 5.75 Å². The van der Waals surface area contributed by atoms with Gasteiger partial charge in [0.05, 0.1) is 12.2 Å². The number of ether oxygens (including phenoxy) is 1. The summed E-state index contributed by atoms with van der Waals surface area (Å²) in [6.45, 7) is 4.69. The Hall–Kier alpha value is -2.70. The number of alkyl halides is 3. The van der Waals surface area contributed by atoms with Crippen LogP contribution in [0.4, 0.5) is 23.7 Å². The Labute approximate surface area is 150 Å². The van der Waals surface area contributed by atoms with Crippen molar-refractivity contribution in [2.45, 2.75) is 26.4 Å². The second-order valence-corrected chi connectivity index (χ2v) is 5.88. The van der Waals surface area contributed by atoms with Gasteiger partial charge in [-0.3, -0.25) is 0 Å². The summed E-state index contributed by atoms with van der Waals surface area (Å²) in [7, 11) is 0. The predicted molar refractivity (Wildman–Crippen MR) is 94.5 cm³/mol. The fourth-order valence-corrected chi connectivity index (χ4v) is 2.42. The zero-order valence-corrected chi connectivity index (χ0v) is 14.6. The number of para-hydroxylation sites is 1. The van der Waals surface area contributed by atoms with Crippen LogP contribution < -0.4 is 15.4 Å². The van der Waals surface area contributed by atoms with Crippen molar-refractivity contribution in [1.29, 1.82) is 0 Å². The topological polar surface area (TPSA) is 50.4 Å². The number of anilines is 1. The van der Waals surface area contributed by atoms with Crippen molar-refractivity contribution in [2.75, 3.05) is 18.5 Å². The van der Waals surface area contributed by atoms with Gasteiger partial charge < -0.3 is 15.4 Å². The molecule has 0 aliphatic rings. The van der Waals surface area contributed by atoms with Crippen LogP contribution in [0.2, 0.25) is 0 Å². The number of hydrogen-bond donors (Lipinski definition) is 2. The highest BCUT2D eigenvalue weighted by Crippen LogP contribution is 2.30. The third kappa shape index (κ3) is 5.68. The van der Waals surface area contributed by atoms with Crippen LogP contribution in [0.15, 0.2) is 42.5 Å². The number of hydrogen-bond acceptors (Lipinski definition) is 2. The number of rotatable bonds is 6. The highest BCUT2D eigenvalue weighted by atomic mass is 19.4. The van der Waals surface area contributed by atoms with Crippen LogP contribution in [0.1, 0.15) is 23.1 Å². The van der Waals surface area contributed by atoms with Crippen LogP contribution in [0.5, 0.6) is 5.75 Å². The molecule has 2 N–H and O–H groups in total. The van der Waals surface area contributed by atoms with E-state index in [4.69, 9.17) is 4.74 Å². The van der Waals surface area contributed by atoms with E-state index in [2.05, 4.69) is 10.6 Å². The smallest absolute Gasteiger partial charge is 0.416 e. The van der Waals surface area contributed by atoms with E-state index in [1.165, 1.54) is 12.1 Å². The quantitative estimate of drug-likeness (QED) is 0.714. The van der Waals surface area contributed by atoms with Crippen LogP contribution in [0.25, 0.3) is 0 Å². The minimum Gasteiger partial charge on any atom is -0.493 e. The van der Waals surface area contributed by atoms with Gasteiger partial charge in [0.2, 0.25) is 0 Å². The van der Waals surface area contributed by atoms with E-state index in [9.17, 15) is 18.0 Å². The molecule has 140 valence electrons. The Balaban J connectivity index is 1.74. The summed E-state index contributed by atoms with van der Waals surface area (Å²) in [6, 6.07) is 9.81. The Morgan fingerprint density at radius 3 is 2.38 bits per heavy atom. The maximum atomic E-state index is 12.6. The Bertz CT molecular complexity index is 740. The molecule has 2 aromatic rings. The first-order valence-electron chi connectivity index (χ1n) is 8.18. The normalized spacial score (nSPS) is 11.1. The molecule has 26 heavy (non-hydrogen) atoms. The molecule has 2 aromatic carbocycles. The first-order valence-corrected chi connectivity index (χ1v) is 8.18. The van der Waals surface area contributed by atoms with Crippen LogP contribution in [0.3, 0.4) is 0 Å². The van der Waals surface area contributed by atoms with Crippen molar-refractivity contribution >= 4 is 11.7 Å². The molecule has 0 aliphatic carbocycles. The van der Waals surface area contributed by atoms with Crippen LogP contribution in [0, 0.1) is 13.8 Å². The molecule has 2 amide bonds. The molecule has 0 spiro atoms. The van der Waals surface area contributed by atoms with E-state index in [1.807, 2.05) is 32.0 Å².